The van der Waals surface area contributed by atoms with Crippen LogP contribution in [0.4, 0.5) is 0 Å². The van der Waals surface area contributed by atoms with Gasteiger partial charge in [-0.1, -0.05) is 17.8 Å². The van der Waals surface area contributed by atoms with Crippen molar-refractivity contribution in [3.05, 3.63) is 70.9 Å². The van der Waals surface area contributed by atoms with Crippen molar-refractivity contribution in [2.75, 3.05) is 7.11 Å². The Kier molecular flexibility index (Phi) is 4.73. The van der Waals surface area contributed by atoms with Crippen molar-refractivity contribution in [1.29, 1.82) is 0 Å². The molecule has 7 heteroatoms. The highest BCUT2D eigenvalue weighted by molar-refractivity contribution is 7.98. The first kappa shape index (κ1) is 16.8. The third kappa shape index (κ3) is 3.49. The Bertz CT molecular complexity index is 1090. The number of methoxy groups -OCH3 is 1. The van der Waals surface area contributed by atoms with E-state index in [-0.39, 0.29) is 5.56 Å². The summed E-state index contributed by atoms with van der Waals surface area (Å²) in [5.41, 5.74) is 1.66. The van der Waals surface area contributed by atoms with Gasteiger partial charge in [-0.3, -0.25) is 4.79 Å². The maximum absolute atomic E-state index is 12.4. The van der Waals surface area contributed by atoms with Crippen LogP contribution in [0.2, 0.25) is 0 Å². The molecule has 5 nitrogen and oxygen atoms in total. The summed E-state index contributed by atoms with van der Waals surface area (Å²) in [5.74, 6) is 2.02. The van der Waals surface area contributed by atoms with E-state index in [1.54, 1.807) is 25.1 Å². The van der Waals surface area contributed by atoms with Crippen molar-refractivity contribution in [3.63, 3.8) is 0 Å². The van der Waals surface area contributed by atoms with Gasteiger partial charge in [0.25, 0.3) is 5.56 Å². The molecular formula is C19H15N3O2S2. The van der Waals surface area contributed by atoms with Gasteiger partial charge >= 0.3 is 0 Å². The first-order valence-corrected chi connectivity index (χ1v) is 9.74. The number of thiophene rings is 1. The number of fused-ring (bicyclic) bond motifs is 1. The first-order chi connectivity index (χ1) is 12.7. The van der Waals surface area contributed by atoms with Crippen molar-refractivity contribution in [2.45, 2.75) is 10.8 Å². The molecule has 3 aromatic heterocycles. The minimum atomic E-state index is -0.101. The van der Waals surface area contributed by atoms with Gasteiger partial charge in [0.15, 0.2) is 0 Å². The van der Waals surface area contributed by atoms with E-state index in [0.717, 1.165) is 26.7 Å². The Morgan fingerprint density at radius 3 is 2.77 bits per heavy atom. The van der Waals surface area contributed by atoms with Crippen molar-refractivity contribution in [1.82, 2.24) is 15.0 Å². The predicted molar refractivity (Wildman–Crippen MR) is 106 cm³/mol. The Hall–Kier alpha value is -2.64. The van der Waals surface area contributed by atoms with Gasteiger partial charge in [0.2, 0.25) is 0 Å². The summed E-state index contributed by atoms with van der Waals surface area (Å²) >= 11 is 2.99. The third-order valence-corrected chi connectivity index (χ3v) is 5.93. The van der Waals surface area contributed by atoms with Gasteiger partial charge in [-0.05, 0) is 48.0 Å². The van der Waals surface area contributed by atoms with E-state index in [4.69, 9.17) is 4.74 Å². The lowest BCUT2D eigenvalue weighted by Gasteiger charge is -2.00. The zero-order valence-corrected chi connectivity index (χ0v) is 15.6. The summed E-state index contributed by atoms with van der Waals surface area (Å²) in [6, 6.07) is 15.5. The average Bonchev–Trinajstić information content (AvgIpc) is 3.12. The van der Waals surface area contributed by atoms with E-state index in [1.807, 2.05) is 48.5 Å². The van der Waals surface area contributed by atoms with Crippen molar-refractivity contribution in [3.8, 4) is 16.2 Å². The highest BCUT2D eigenvalue weighted by Gasteiger charge is 2.11. The molecule has 0 aliphatic carbocycles. The molecule has 4 aromatic rings. The van der Waals surface area contributed by atoms with Crippen LogP contribution in [-0.2, 0) is 5.75 Å². The molecule has 0 radical (unpaired) electrons. The fraction of sp³-hybridized carbons (Fsp3) is 0.105. The Labute approximate surface area is 158 Å². The number of H-pyrrole nitrogens is 1. The highest BCUT2D eigenvalue weighted by Crippen LogP contribution is 2.32. The molecule has 3 heterocycles. The van der Waals surface area contributed by atoms with Gasteiger partial charge in [0.05, 0.1) is 23.4 Å². The smallest absolute Gasteiger partial charge is 0.268 e. The molecule has 1 aromatic carbocycles. The number of aromatic nitrogens is 3. The summed E-state index contributed by atoms with van der Waals surface area (Å²) in [7, 11) is 1.64. The normalized spacial score (nSPS) is 11.0. The fourth-order valence-corrected chi connectivity index (χ4v) is 4.26. The van der Waals surface area contributed by atoms with Crippen LogP contribution in [0.15, 0.2) is 64.5 Å². The van der Waals surface area contributed by atoms with Crippen LogP contribution >= 0.6 is 23.1 Å². The Balaban J connectivity index is 1.63. The average molecular weight is 381 g/mol. The van der Waals surface area contributed by atoms with Gasteiger partial charge in [-0.15, -0.1) is 11.3 Å². The van der Waals surface area contributed by atoms with Crippen molar-refractivity contribution < 1.29 is 4.74 Å². The molecule has 0 fully saturated rings. The van der Waals surface area contributed by atoms with Gasteiger partial charge < -0.3 is 9.72 Å². The maximum atomic E-state index is 12.4. The van der Waals surface area contributed by atoms with E-state index in [0.29, 0.717) is 16.3 Å². The molecule has 0 saturated carbocycles. The topological polar surface area (TPSA) is 67.9 Å². The van der Waals surface area contributed by atoms with Gasteiger partial charge in [0, 0.05) is 11.1 Å². The fourth-order valence-electron chi connectivity index (χ4n) is 2.53. The van der Waals surface area contributed by atoms with E-state index in [1.165, 1.54) is 11.3 Å². The number of pyridine rings is 1. The number of nitrogens with zero attached hydrogens (tertiary/aromatic N) is 2. The molecule has 1 N–H and O–H groups in total. The molecule has 0 spiro atoms. The summed E-state index contributed by atoms with van der Waals surface area (Å²) in [6.45, 7) is 0. The molecule has 26 heavy (non-hydrogen) atoms. The summed E-state index contributed by atoms with van der Waals surface area (Å²) in [5, 5.41) is 0.902. The van der Waals surface area contributed by atoms with Crippen LogP contribution in [0.5, 0.6) is 5.75 Å². The second-order valence-electron chi connectivity index (χ2n) is 5.52. The summed E-state index contributed by atoms with van der Waals surface area (Å²) in [6.07, 6.45) is 1.75. The standard InChI is InChI=1S/C19H15N3O2S2/c1-24-13-7-5-12(6-8-13)15-10-14-18(26-15)19(23)22-16(21-14)11-25-17-4-2-3-9-20-17/h2-10H,11H2,1H3,(H,21,22,23). The molecule has 0 atom stereocenters. The molecule has 0 bridgehead atoms. The molecule has 0 saturated heterocycles. The highest BCUT2D eigenvalue weighted by atomic mass is 32.2. The van der Waals surface area contributed by atoms with Crippen LogP contribution in [0, 0.1) is 0 Å². The zero-order chi connectivity index (χ0) is 17.9. The molecule has 0 aliphatic heterocycles. The number of rotatable bonds is 5. The lowest BCUT2D eigenvalue weighted by atomic mass is 10.2. The Morgan fingerprint density at radius 1 is 1.19 bits per heavy atom. The van der Waals surface area contributed by atoms with Gasteiger partial charge in [-0.25, -0.2) is 9.97 Å². The number of hydrogen-bond acceptors (Lipinski definition) is 6. The molecule has 4 rings (SSSR count). The summed E-state index contributed by atoms with van der Waals surface area (Å²) < 4.78 is 5.83. The molecule has 130 valence electrons. The number of ether oxygens (including phenoxy) is 1. The van der Waals surface area contributed by atoms with E-state index in [2.05, 4.69) is 15.0 Å². The van der Waals surface area contributed by atoms with Crippen molar-refractivity contribution >= 4 is 33.3 Å². The third-order valence-electron chi connectivity index (χ3n) is 3.80. The van der Waals surface area contributed by atoms with Crippen LogP contribution in [-0.4, -0.2) is 22.1 Å². The predicted octanol–water partition coefficient (Wildman–Crippen LogP) is 4.35. The SMILES string of the molecule is COc1ccc(-c2cc3nc(CSc4ccccn4)[nH]c(=O)c3s2)cc1. The lowest BCUT2D eigenvalue weighted by Crippen LogP contribution is -2.09. The van der Waals surface area contributed by atoms with Crippen LogP contribution < -0.4 is 10.3 Å². The molecule has 0 unspecified atom stereocenters. The second-order valence-corrected chi connectivity index (χ2v) is 7.57. The molecule has 0 aliphatic rings. The van der Waals surface area contributed by atoms with E-state index in [9.17, 15) is 4.79 Å². The minimum Gasteiger partial charge on any atom is -0.497 e. The lowest BCUT2D eigenvalue weighted by molar-refractivity contribution is 0.415. The quantitative estimate of drug-likeness (QED) is 0.521. The number of benzene rings is 1. The first-order valence-electron chi connectivity index (χ1n) is 7.94. The number of thioether (sulfide) groups is 1. The maximum Gasteiger partial charge on any atom is 0.268 e. The van der Waals surface area contributed by atoms with E-state index >= 15 is 0 Å². The van der Waals surface area contributed by atoms with Crippen LogP contribution in [0.3, 0.4) is 0 Å². The van der Waals surface area contributed by atoms with Gasteiger partial charge in [-0.2, -0.15) is 0 Å². The van der Waals surface area contributed by atoms with Crippen LogP contribution in [0.25, 0.3) is 20.7 Å². The Morgan fingerprint density at radius 2 is 2.04 bits per heavy atom. The number of hydrogen-bond donors (Lipinski definition) is 1. The van der Waals surface area contributed by atoms with Gasteiger partial charge in [0.1, 0.15) is 16.3 Å². The zero-order valence-electron chi connectivity index (χ0n) is 13.9. The molecule has 0 amide bonds. The van der Waals surface area contributed by atoms with E-state index < -0.39 is 0 Å². The summed E-state index contributed by atoms with van der Waals surface area (Å²) in [4.78, 5) is 25.2. The minimum absolute atomic E-state index is 0.101. The second kappa shape index (κ2) is 7.31. The van der Waals surface area contributed by atoms with Crippen LogP contribution in [0.1, 0.15) is 5.82 Å². The molecular weight excluding hydrogens is 366 g/mol. The largest absolute Gasteiger partial charge is 0.497 e. The number of aromatic amines is 1. The number of nitrogens with one attached hydrogen (secondary N) is 1. The van der Waals surface area contributed by atoms with Crippen molar-refractivity contribution in [2.24, 2.45) is 0 Å². The monoisotopic (exact) mass is 381 g/mol.